The fraction of sp³-hybridized carbons (Fsp3) is 0.533. The summed E-state index contributed by atoms with van der Waals surface area (Å²) in [6.45, 7) is 0.944. The van der Waals surface area contributed by atoms with Crippen LogP contribution in [0.4, 0.5) is 0 Å². The van der Waals surface area contributed by atoms with Gasteiger partial charge in [0.2, 0.25) is 10.0 Å². The third-order valence-electron chi connectivity index (χ3n) is 4.09. The van der Waals surface area contributed by atoms with Gasteiger partial charge in [0.25, 0.3) is 0 Å². The summed E-state index contributed by atoms with van der Waals surface area (Å²) in [5, 5.41) is 8.34. The number of hydrogen-bond donors (Lipinski definition) is 1. The smallest absolute Gasteiger partial charge is 0.214 e. The van der Waals surface area contributed by atoms with Crippen LogP contribution in [0.15, 0.2) is 29.1 Å². The highest BCUT2D eigenvalue weighted by Crippen LogP contribution is 2.23. The molecule has 22 heavy (non-hydrogen) atoms. The first kappa shape index (κ1) is 15.7. The minimum absolute atomic E-state index is 0.208. The molecule has 2 aromatic rings. The van der Waals surface area contributed by atoms with Crippen molar-refractivity contribution >= 4 is 21.4 Å². The molecule has 1 N–H and O–H groups in total. The van der Waals surface area contributed by atoms with E-state index in [9.17, 15) is 8.42 Å². The number of sulfonamides is 1. The summed E-state index contributed by atoms with van der Waals surface area (Å²) in [7, 11) is -3.18. The number of nitrogens with zero attached hydrogens (tertiary/aromatic N) is 2. The van der Waals surface area contributed by atoms with E-state index in [1.54, 1.807) is 16.0 Å². The molecule has 1 aliphatic carbocycles. The lowest BCUT2D eigenvalue weighted by atomic mass is 10.0. The molecule has 2 heterocycles. The third kappa shape index (κ3) is 3.77. The SMILES string of the molecule is O=S(=O)(NCCn1ccc(-c2ccsc2)n1)C1CCCCC1. The van der Waals surface area contributed by atoms with E-state index in [4.69, 9.17) is 0 Å². The summed E-state index contributed by atoms with van der Waals surface area (Å²) >= 11 is 1.64. The molecule has 0 bridgehead atoms. The van der Waals surface area contributed by atoms with Crippen LogP contribution in [0, 0.1) is 0 Å². The molecule has 1 saturated carbocycles. The first-order chi connectivity index (χ1) is 10.6. The van der Waals surface area contributed by atoms with Crippen LogP contribution >= 0.6 is 11.3 Å². The zero-order valence-corrected chi connectivity index (χ0v) is 14.1. The quantitative estimate of drug-likeness (QED) is 0.880. The van der Waals surface area contributed by atoms with Gasteiger partial charge in [-0.1, -0.05) is 19.3 Å². The standard InChI is InChI=1S/C15H21N3O2S2/c19-22(20,14-4-2-1-3-5-14)16-8-10-18-9-6-15(17-18)13-7-11-21-12-13/h6-7,9,11-12,14,16H,1-5,8,10H2. The van der Waals surface area contributed by atoms with Crippen molar-refractivity contribution in [3.05, 3.63) is 29.1 Å². The molecule has 1 aliphatic rings. The first-order valence-electron chi connectivity index (χ1n) is 7.70. The Balaban J connectivity index is 1.52. The predicted octanol–water partition coefficient (Wildman–Crippen LogP) is 2.86. The van der Waals surface area contributed by atoms with Gasteiger partial charge >= 0.3 is 0 Å². The van der Waals surface area contributed by atoms with E-state index in [0.717, 1.165) is 43.4 Å². The van der Waals surface area contributed by atoms with Crippen LogP contribution in [-0.2, 0) is 16.6 Å². The van der Waals surface area contributed by atoms with Crippen molar-refractivity contribution in [1.29, 1.82) is 0 Å². The second kappa shape index (κ2) is 6.93. The van der Waals surface area contributed by atoms with Crippen LogP contribution < -0.4 is 4.72 Å². The summed E-state index contributed by atoms with van der Waals surface area (Å²) in [4.78, 5) is 0. The molecule has 2 aromatic heterocycles. The van der Waals surface area contributed by atoms with Crippen molar-refractivity contribution in [3.8, 4) is 11.3 Å². The number of rotatable bonds is 6. The Morgan fingerprint density at radius 3 is 2.82 bits per heavy atom. The zero-order chi connectivity index (χ0) is 15.4. The summed E-state index contributed by atoms with van der Waals surface area (Å²) < 4.78 is 29.0. The van der Waals surface area contributed by atoms with E-state index in [0.29, 0.717) is 13.1 Å². The summed E-state index contributed by atoms with van der Waals surface area (Å²) in [6, 6.07) is 3.99. The molecule has 0 spiro atoms. The minimum atomic E-state index is -3.18. The van der Waals surface area contributed by atoms with Gasteiger partial charge in [-0.05, 0) is 30.4 Å². The van der Waals surface area contributed by atoms with Gasteiger partial charge < -0.3 is 0 Å². The Labute approximate surface area is 135 Å². The van der Waals surface area contributed by atoms with Crippen LogP contribution in [0.5, 0.6) is 0 Å². The van der Waals surface area contributed by atoms with Crippen molar-refractivity contribution < 1.29 is 8.42 Å². The van der Waals surface area contributed by atoms with Gasteiger partial charge in [-0.25, -0.2) is 13.1 Å². The largest absolute Gasteiger partial charge is 0.271 e. The molecule has 0 saturated heterocycles. The van der Waals surface area contributed by atoms with Crippen LogP contribution in [0.2, 0.25) is 0 Å². The van der Waals surface area contributed by atoms with Gasteiger partial charge in [0.1, 0.15) is 0 Å². The van der Waals surface area contributed by atoms with Crippen molar-refractivity contribution in [2.75, 3.05) is 6.54 Å². The fourth-order valence-electron chi connectivity index (χ4n) is 2.85. The molecule has 0 unspecified atom stereocenters. The highest BCUT2D eigenvalue weighted by atomic mass is 32.2. The maximum atomic E-state index is 12.2. The van der Waals surface area contributed by atoms with Crippen molar-refractivity contribution in [1.82, 2.24) is 14.5 Å². The molecule has 1 fully saturated rings. The van der Waals surface area contributed by atoms with E-state index in [1.165, 1.54) is 0 Å². The Kier molecular flexibility index (Phi) is 4.95. The van der Waals surface area contributed by atoms with Gasteiger partial charge in [0.05, 0.1) is 17.5 Å². The second-order valence-corrected chi connectivity index (χ2v) is 8.50. The lowest BCUT2D eigenvalue weighted by Crippen LogP contribution is -2.37. The van der Waals surface area contributed by atoms with E-state index in [1.807, 2.05) is 23.7 Å². The molecule has 0 aliphatic heterocycles. The van der Waals surface area contributed by atoms with Gasteiger partial charge in [-0.15, -0.1) is 0 Å². The molecular weight excluding hydrogens is 318 g/mol. The van der Waals surface area contributed by atoms with Crippen LogP contribution in [-0.4, -0.2) is 30.0 Å². The van der Waals surface area contributed by atoms with Gasteiger partial charge in [-0.2, -0.15) is 16.4 Å². The number of hydrogen-bond acceptors (Lipinski definition) is 4. The van der Waals surface area contributed by atoms with Gasteiger partial charge in [0.15, 0.2) is 0 Å². The van der Waals surface area contributed by atoms with Gasteiger partial charge in [-0.3, -0.25) is 4.68 Å². The number of aromatic nitrogens is 2. The molecule has 3 rings (SSSR count). The fourth-order valence-corrected chi connectivity index (χ4v) is 5.06. The topological polar surface area (TPSA) is 64.0 Å². The van der Waals surface area contributed by atoms with Gasteiger partial charge in [0, 0.05) is 23.7 Å². The van der Waals surface area contributed by atoms with Crippen LogP contribution in [0.3, 0.4) is 0 Å². The zero-order valence-electron chi connectivity index (χ0n) is 12.4. The lowest BCUT2D eigenvalue weighted by molar-refractivity contribution is 0.475. The number of thiophene rings is 1. The molecule has 7 heteroatoms. The van der Waals surface area contributed by atoms with Crippen molar-refractivity contribution in [2.45, 2.75) is 43.9 Å². The number of nitrogens with one attached hydrogen (secondary N) is 1. The highest BCUT2D eigenvalue weighted by Gasteiger charge is 2.26. The van der Waals surface area contributed by atoms with Crippen molar-refractivity contribution in [3.63, 3.8) is 0 Å². The molecule has 0 aromatic carbocycles. The van der Waals surface area contributed by atoms with E-state index < -0.39 is 10.0 Å². The molecule has 0 radical (unpaired) electrons. The monoisotopic (exact) mass is 339 g/mol. The first-order valence-corrected chi connectivity index (χ1v) is 10.2. The lowest BCUT2D eigenvalue weighted by Gasteiger charge is -2.21. The van der Waals surface area contributed by atoms with E-state index in [2.05, 4.69) is 15.2 Å². The predicted molar refractivity (Wildman–Crippen MR) is 89.3 cm³/mol. The normalized spacial score (nSPS) is 16.9. The second-order valence-electron chi connectivity index (χ2n) is 5.68. The average Bonchev–Trinajstić information content (AvgIpc) is 3.19. The van der Waals surface area contributed by atoms with Crippen LogP contribution in [0.25, 0.3) is 11.3 Å². The van der Waals surface area contributed by atoms with E-state index >= 15 is 0 Å². The Hall–Kier alpha value is -1.18. The average molecular weight is 339 g/mol. The van der Waals surface area contributed by atoms with Crippen molar-refractivity contribution in [2.24, 2.45) is 0 Å². The maximum absolute atomic E-state index is 12.2. The molecule has 0 atom stereocenters. The van der Waals surface area contributed by atoms with E-state index in [-0.39, 0.29) is 5.25 Å². The minimum Gasteiger partial charge on any atom is -0.271 e. The molecule has 5 nitrogen and oxygen atoms in total. The summed E-state index contributed by atoms with van der Waals surface area (Å²) in [5.74, 6) is 0. The molecule has 0 amide bonds. The third-order valence-corrected chi connectivity index (χ3v) is 6.73. The summed E-state index contributed by atoms with van der Waals surface area (Å²) in [6.07, 6.45) is 6.68. The Bertz CT molecular complexity index is 686. The molecular formula is C15H21N3O2S2. The van der Waals surface area contributed by atoms with Crippen LogP contribution in [0.1, 0.15) is 32.1 Å². The Morgan fingerprint density at radius 2 is 2.09 bits per heavy atom. The molecule has 120 valence electrons. The maximum Gasteiger partial charge on any atom is 0.214 e. The highest BCUT2D eigenvalue weighted by molar-refractivity contribution is 7.90. The Morgan fingerprint density at radius 1 is 1.27 bits per heavy atom. The summed E-state index contributed by atoms with van der Waals surface area (Å²) in [5.41, 5.74) is 2.03.